The van der Waals surface area contributed by atoms with Crippen LogP contribution >= 0.6 is 0 Å². The van der Waals surface area contributed by atoms with Crippen LogP contribution in [-0.2, 0) is 7.05 Å². The Hall–Kier alpha value is -1.82. The Kier molecular flexibility index (Phi) is 1.34. The zero-order valence-electron chi connectivity index (χ0n) is 6.65. The van der Waals surface area contributed by atoms with E-state index in [1.807, 2.05) is 23.7 Å². The van der Waals surface area contributed by atoms with Gasteiger partial charge in [-0.25, -0.2) is 4.98 Å². The first kappa shape index (κ1) is 6.86. The highest BCUT2D eigenvalue weighted by atomic mass is 15.0. The van der Waals surface area contributed by atoms with Crippen LogP contribution in [0.5, 0.6) is 0 Å². The third-order valence-electron chi connectivity index (χ3n) is 1.88. The number of benzene rings is 1. The lowest BCUT2D eigenvalue weighted by molar-refractivity contribution is 0.948. The molecule has 0 aliphatic heterocycles. The molecule has 58 valence electrons. The zero-order valence-corrected chi connectivity index (χ0v) is 6.65. The first-order valence-corrected chi connectivity index (χ1v) is 3.63. The monoisotopic (exact) mass is 157 g/mol. The van der Waals surface area contributed by atoms with E-state index in [1.165, 1.54) is 0 Å². The minimum Gasteiger partial charge on any atom is -0.334 e. The fourth-order valence-electron chi connectivity index (χ4n) is 1.25. The molecule has 0 radical (unpaired) electrons. The maximum atomic E-state index is 8.75. The van der Waals surface area contributed by atoms with Gasteiger partial charge in [0.25, 0.3) is 0 Å². The van der Waals surface area contributed by atoms with Gasteiger partial charge >= 0.3 is 0 Å². The molecule has 0 aliphatic rings. The largest absolute Gasteiger partial charge is 0.334 e. The molecule has 0 N–H and O–H groups in total. The summed E-state index contributed by atoms with van der Waals surface area (Å²) in [5.74, 6) is 0. The van der Waals surface area contributed by atoms with Crippen molar-refractivity contribution >= 4 is 11.0 Å². The van der Waals surface area contributed by atoms with E-state index in [0.29, 0.717) is 5.56 Å². The van der Waals surface area contributed by atoms with Crippen LogP contribution in [0.2, 0.25) is 0 Å². The molecule has 1 aromatic heterocycles. The topological polar surface area (TPSA) is 41.6 Å². The fourth-order valence-corrected chi connectivity index (χ4v) is 1.25. The van der Waals surface area contributed by atoms with Gasteiger partial charge < -0.3 is 4.57 Å². The summed E-state index contributed by atoms with van der Waals surface area (Å²) in [6.45, 7) is 0. The van der Waals surface area contributed by atoms with Crippen molar-refractivity contribution in [3.63, 3.8) is 0 Å². The molecule has 0 saturated heterocycles. The Bertz CT molecular complexity index is 462. The summed E-state index contributed by atoms with van der Waals surface area (Å²) < 4.78 is 1.90. The predicted octanol–water partition coefficient (Wildman–Crippen LogP) is 1.44. The average Bonchev–Trinajstić information content (AvgIpc) is 2.48. The molecule has 0 spiro atoms. The van der Waals surface area contributed by atoms with Crippen molar-refractivity contribution in [2.75, 3.05) is 0 Å². The summed E-state index contributed by atoms with van der Waals surface area (Å²) >= 11 is 0. The first-order valence-electron chi connectivity index (χ1n) is 3.63. The normalized spacial score (nSPS) is 10.0. The van der Waals surface area contributed by atoms with Gasteiger partial charge in [-0.15, -0.1) is 0 Å². The van der Waals surface area contributed by atoms with Gasteiger partial charge in [-0.05, 0) is 12.1 Å². The van der Waals surface area contributed by atoms with E-state index >= 15 is 0 Å². The van der Waals surface area contributed by atoms with E-state index in [-0.39, 0.29) is 0 Å². The van der Waals surface area contributed by atoms with Crippen LogP contribution in [0.15, 0.2) is 24.5 Å². The number of hydrogen-bond donors (Lipinski definition) is 0. The Morgan fingerprint density at radius 1 is 1.50 bits per heavy atom. The molecule has 12 heavy (non-hydrogen) atoms. The minimum absolute atomic E-state index is 0.633. The minimum atomic E-state index is 0.633. The van der Waals surface area contributed by atoms with Crippen molar-refractivity contribution in [2.24, 2.45) is 7.05 Å². The maximum Gasteiger partial charge on any atom is 0.106 e. The molecule has 0 aliphatic carbocycles. The average molecular weight is 157 g/mol. The summed E-state index contributed by atoms with van der Waals surface area (Å²) in [5, 5.41) is 8.75. The molecular formula is C9H7N3. The van der Waals surface area contributed by atoms with Gasteiger partial charge in [0.2, 0.25) is 0 Å². The molecule has 0 fully saturated rings. The highest BCUT2D eigenvalue weighted by Gasteiger charge is 2.02. The van der Waals surface area contributed by atoms with Gasteiger partial charge in [0.05, 0.1) is 17.4 Å². The quantitative estimate of drug-likeness (QED) is 0.580. The number of aryl methyl sites for hydroxylation is 1. The SMILES string of the molecule is Cn1cnc2c(C#N)cccc21. The molecule has 1 aromatic carbocycles. The second-order valence-corrected chi connectivity index (χ2v) is 2.64. The zero-order chi connectivity index (χ0) is 8.55. The number of hydrogen-bond acceptors (Lipinski definition) is 2. The third-order valence-corrected chi connectivity index (χ3v) is 1.88. The molecule has 0 bridgehead atoms. The lowest BCUT2D eigenvalue weighted by Crippen LogP contribution is -1.83. The van der Waals surface area contributed by atoms with Crippen molar-refractivity contribution in [1.29, 1.82) is 5.26 Å². The van der Waals surface area contributed by atoms with E-state index in [2.05, 4.69) is 11.1 Å². The number of nitrogens with zero attached hydrogens (tertiary/aromatic N) is 3. The smallest absolute Gasteiger partial charge is 0.106 e. The Morgan fingerprint density at radius 2 is 2.33 bits per heavy atom. The number of para-hydroxylation sites is 1. The van der Waals surface area contributed by atoms with Gasteiger partial charge in [-0.3, -0.25) is 0 Å². The van der Waals surface area contributed by atoms with Crippen LogP contribution in [0, 0.1) is 11.3 Å². The third kappa shape index (κ3) is 0.785. The van der Waals surface area contributed by atoms with Crippen molar-refractivity contribution in [3.05, 3.63) is 30.1 Å². The van der Waals surface area contributed by atoms with Crippen molar-refractivity contribution in [2.45, 2.75) is 0 Å². The van der Waals surface area contributed by atoms with Crippen LogP contribution in [0.1, 0.15) is 5.56 Å². The van der Waals surface area contributed by atoms with E-state index in [9.17, 15) is 0 Å². The van der Waals surface area contributed by atoms with Crippen LogP contribution < -0.4 is 0 Å². The first-order chi connectivity index (χ1) is 5.83. The standard InChI is InChI=1S/C9H7N3/c1-12-6-11-9-7(5-10)3-2-4-8(9)12/h2-4,6H,1H3. The Labute approximate surface area is 69.9 Å². The van der Waals surface area contributed by atoms with E-state index in [0.717, 1.165) is 11.0 Å². The van der Waals surface area contributed by atoms with Gasteiger partial charge in [0.1, 0.15) is 11.6 Å². The summed E-state index contributed by atoms with van der Waals surface area (Å²) in [6, 6.07) is 7.69. The lowest BCUT2D eigenvalue weighted by Gasteiger charge is -1.93. The molecule has 0 saturated carbocycles. The second kappa shape index (κ2) is 2.35. The van der Waals surface area contributed by atoms with E-state index < -0.39 is 0 Å². The Balaban J connectivity index is 2.92. The predicted molar refractivity (Wildman–Crippen MR) is 45.4 cm³/mol. The highest BCUT2D eigenvalue weighted by Crippen LogP contribution is 2.14. The molecule has 3 nitrogen and oxygen atoms in total. The number of nitriles is 1. The number of aromatic nitrogens is 2. The van der Waals surface area contributed by atoms with Crippen LogP contribution in [0.4, 0.5) is 0 Å². The molecular weight excluding hydrogens is 150 g/mol. The molecule has 2 aromatic rings. The second-order valence-electron chi connectivity index (χ2n) is 2.64. The van der Waals surface area contributed by atoms with Crippen LogP contribution in [-0.4, -0.2) is 9.55 Å². The number of fused-ring (bicyclic) bond motifs is 1. The van der Waals surface area contributed by atoms with Gasteiger partial charge in [-0.2, -0.15) is 5.26 Å². The van der Waals surface area contributed by atoms with E-state index in [1.54, 1.807) is 12.4 Å². The molecule has 0 unspecified atom stereocenters. The summed E-state index contributed by atoms with van der Waals surface area (Å²) in [5.41, 5.74) is 2.41. The number of rotatable bonds is 0. The van der Waals surface area contributed by atoms with Gasteiger partial charge in [0, 0.05) is 7.05 Å². The molecule has 0 amide bonds. The summed E-state index contributed by atoms with van der Waals surface area (Å²) in [7, 11) is 1.91. The fraction of sp³-hybridized carbons (Fsp3) is 0.111. The van der Waals surface area contributed by atoms with Gasteiger partial charge in [-0.1, -0.05) is 6.07 Å². The van der Waals surface area contributed by atoms with Gasteiger partial charge in [0.15, 0.2) is 0 Å². The molecule has 2 rings (SSSR count). The maximum absolute atomic E-state index is 8.75. The van der Waals surface area contributed by atoms with Crippen molar-refractivity contribution < 1.29 is 0 Å². The van der Waals surface area contributed by atoms with Crippen molar-refractivity contribution in [1.82, 2.24) is 9.55 Å². The molecule has 1 heterocycles. The molecule has 0 atom stereocenters. The summed E-state index contributed by atoms with van der Waals surface area (Å²) in [6.07, 6.45) is 1.71. The highest BCUT2D eigenvalue weighted by molar-refractivity contribution is 5.81. The van der Waals surface area contributed by atoms with Crippen LogP contribution in [0.25, 0.3) is 11.0 Å². The van der Waals surface area contributed by atoms with Crippen molar-refractivity contribution in [3.8, 4) is 6.07 Å². The van der Waals surface area contributed by atoms with E-state index in [4.69, 9.17) is 5.26 Å². The Morgan fingerprint density at radius 3 is 3.08 bits per heavy atom. The lowest BCUT2D eigenvalue weighted by atomic mass is 10.2. The summed E-state index contributed by atoms with van der Waals surface area (Å²) in [4.78, 5) is 4.13. The van der Waals surface area contributed by atoms with Crippen LogP contribution in [0.3, 0.4) is 0 Å². The number of imidazole rings is 1. The molecule has 3 heteroatoms.